The van der Waals surface area contributed by atoms with Crippen molar-refractivity contribution >= 4 is 69.2 Å². The molecule has 0 N–H and O–H groups in total. The second kappa shape index (κ2) is 28.8. The Bertz CT molecular complexity index is 7110. The third-order valence-electron chi connectivity index (χ3n) is 22.7. The number of aryl methyl sites for hydroxylation is 1. The van der Waals surface area contributed by atoms with Gasteiger partial charge in [0.25, 0.3) is 0 Å². The molecule has 14 heterocycles. The molecule has 734 valence electrons. The molecule has 24 rings (SSSR count). The van der Waals surface area contributed by atoms with Crippen molar-refractivity contribution in [3.63, 3.8) is 0 Å². The highest BCUT2D eigenvalue weighted by Gasteiger charge is 2.56. The Kier molecular flexibility index (Phi) is 17.1. The van der Waals surface area contributed by atoms with E-state index < -0.39 is 10.8 Å². The normalized spacial score (nSPS) is 15.1. The summed E-state index contributed by atoms with van der Waals surface area (Å²) in [7, 11) is 0. The summed E-state index contributed by atoms with van der Waals surface area (Å²) in [4.78, 5) is 54.8. The number of ether oxygens (including phenoxy) is 2. The fourth-order valence-electron chi connectivity index (χ4n) is 17.8. The highest BCUT2D eigenvalue weighted by molar-refractivity contribution is 8.00. The zero-order valence-corrected chi connectivity index (χ0v) is 65.4. The first-order valence-electron chi connectivity index (χ1n) is 38.7. The van der Waals surface area contributed by atoms with Crippen molar-refractivity contribution in [1.82, 2.24) is 49.8 Å². The predicted molar refractivity (Wildman–Crippen MR) is 652 cm³/mol. The van der Waals surface area contributed by atoms with Crippen LogP contribution >= 0.6 is 35.1 Å². The summed E-state index contributed by atoms with van der Waals surface area (Å²) in [5.74, 6) is 3.31. The van der Waals surface area contributed by atoms with Crippen LogP contribution in [0, 0.1) is 6.92 Å². The molecule has 0 saturated carbocycles. The number of hydrogen-bond donors (Lipinski definition) is 0. The molecule has 14 nitrogen and oxygen atoms in total. The van der Waals surface area contributed by atoms with Gasteiger partial charge in [-0.2, -0.15) is 0 Å². The summed E-state index contributed by atoms with van der Waals surface area (Å²) in [6.07, 6.45) is 25.7. The van der Waals surface area contributed by atoms with Gasteiger partial charge in [-0.15, -0.1) is 0 Å². The van der Waals surface area contributed by atoms with Crippen molar-refractivity contribution in [2.24, 2.45) is 0 Å². The van der Waals surface area contributed by atoms with Gasteiger partial charge in [0, 0.05) is 236 Å². The smallest absolute Gasteiger partial charge is 0.148 e. The second-order valence-corrected chi connectivity index (χ2v) is 31.8. The maximum atomic E-state index is 7.08. The second-order valence-electron chi connectivity index (χ2n) is 29.3. The van der Waals surface area contributed by atoms with E-state index in [2.05, 4.69) is 241 Å². The van der Waals surface area contributed by atoms with E-state index in [4.69, 9.17) is 41.0 Å². The van der Waals surface area contributed by atoms with Gasteiger partial charge in [-0.25, -0.2) is 9.97 Å². The number of anilines is 6. The number of rotatable bonds is 7. The molecule has 2 aliphatic carbocycles. The first-order chi connectivity index (χ1) is 58.3. The lowest BCUT2D eigenvalue weighted by molar-refractivity contribution is 0.425. The molecule has 0 radical (unpaired) electrons. The third-order valence-corrected chi connectivity index (χ3v) is 25.3. The molecule has 2 unspecified atom stereocenters. The van der Waals surface area contributed by atoms with Crippen molar-refractivity contribution in [2.75, 3.05) is 9.80 Å². The van der Waals surface area contributed by atoms with E-state index in [0.717, 1.165) is 177 Å². The molecular weight excluding hydrogens is 1510 g/mol. The number of aromatic nitrogens is 10. The monoisotopic (exact) mass is 1750 g/mol. The van der Waals surface area contributed by atoms with Crippen LogP contribution in [0.1, 0.15) is 176 Å². The number of hydrogen-bond acceptors (Lipinski definition) is 16. The van der Waals surface area contributed by atoms with Crippen molar-refractivity contribution in [2.45, 2.75) is 37.3 Å². The molecule has 2 atom stereocenters. The Morgan fingerprint density at radius 3 is 1.15 bits per heavy atom. The third kappa shape index (κ3) is 11.4. The van der Waals surface area contributed by atoms with Gasteiger partial charge in [-0.05, 0) is 249 Å². The van der Waals surface area contributed by atoms with E-state index in [0.29, 0.717) is 5.15 Å². The zero-order chi connectivity index (χ0) is 78.4. The number of benzene rings is 8. The number of halogens is 1. The van der Waals surface area contributed by atoms with Crippen molar-refractivity contribution in [1.29, 1.82) is 0 Å². The summed E-state index contributed by atoms with van der Waals surface area (Å²) in [5.41, 5.74) is 29.1. The highest BCUT2D eigenvalue weighted by Crippen LogP contribution is 2.68. The van der Waals surface area contributed by atoms with Gasteiger partial charge >= 0.3 is 0 Å². The molecule has 8 aromatic carbocycles. The number of para-hydroxylation sites is 4. The number of pyridine rings is 10. The Morgan fingerprint density at radius 2 is 0.695 bits per heavy atom. The molecule has 0 amide bonds. The first kappa shape index (κ1) is 70.1. The van der Waals surface area contributed by atoms with Gasteiger partial charge < -0.3 is 20.7 Å². The molecule has 18 aromatic rings. The zero-order valence-electron chi connectivity index (χ0n) is 64.0. The molecule has 0 bridgehead atoms. The lowest BCUT2D eigenvalue weighted by Gasteiger charge is -2.41. The van der Waals surface area contributed by atoms with E-state index >= 15 is 0 Å². The van der Waals surface area contributed by atoms with E-state index in [9.17, 15) is 0 Å². The predicted octanol–water partition coefficient (Wildman–Crippen LogP) is 46.6. The standard InChI is InChI=1S/C50H30N6OS.C34H19ClN4OS.C17H14N2.87H2.H/c1-3-11-44-37(8-1)50(40-14-16-43-49(48(40)57-44)58-45-12-4-2-10-42(45)56(43)36-7-5-21-53-30-36)38-9-6-22-54-46(38)47-39(50)13-15-41(55-47)35-28-33(31-17-23-51-24-18-31)27-34(29-35)32-19-25-52-26-20-32;35-29-16-14-23-31(38-29)30-22(9-6-18-37-30)34(23)21-8-1-3-11-27(21)40-32-24(34)13-15-26-33(32)41-28-12-4-2-10-25(28)39(26)20-7-5-17-36-19-20;1-13-10-16(14-2-6-18-7-3-14)12-17(11-13)15-4-8-19-9-5-15;;;;;;;;;;;;;;;;;;;;;;;;;;;;;;;;;;;;;;;;;;;;;;;;;;;;;;;;;;;;;;;;;;;;;;;;;;;;;;;;;;;;;;;;/h1-30H;1-19H;2-12H,1H3;87*1H;/q;;;;;;;;;;;;;;;;;;;;;;;;;;;;;;;;;;;;;;;;;;;;;;;;;;;;;;;;;;;;;;;;;;;;;;;;;;;;;;;;;;;;;;;;;;-1. The minimum atomic E-state index is -0.735. The van der Waals surface area contributed by atoms with Crippen LogP contribution in [0.3, 0.4) is 0 Å². The Labute approximate surface area is 824 Å². The maximum absolute atomic E-state index is 7.08. The fourth-order valence-corrected chi connectivity index (χ4v) is 20.2. The summed E-state index contributed by atoms with van der Waals surface area (Å²) < 4.78 is 14.0. The molecule has 10 aromatic heterocycles. The summed E-state index contributed by atoms with van der Waals surface area (Å²) >= 11 is 9.94. The quantitative estimate of drug-likeness (QED) is 0.139. The van der Waals surface area contributed by atoms with Gasteiger partial charge in [-0.1, -0.05) is 144 Å². The minimum absolute atomic E-state index is 0. The van der Waals surface area contributed by atoms with Crippen LogP contribution in [0.2, 0.25) is 5.15 Å². The Balaban J connectivity index is -0.0000000187. The average molecular weight is 1750 g/mol. The molecule has 0 saturated heterocycles. The topological polar surface area (TPSA) is 154 Å². The summed E-state index contributed by atoms with van der Waals surface area (Å²) in [6, 6.07) is 97.1. The molecule has 4 aliphatic heterocycles. The molecule has 118 heavy (non-hydrogen) atoms. The first-order valence-corrected chi connectivity index (χ1v) is 40.7. The van der Waals surface area contributed by atoms with Crippen LogP contribution in [0.5, 0.6) is 23.0 Å². The Hall–Kier alpha value is -14.6. The molecular formula is C101H238ClN12O2S2-. The SMILES string of the molecule is Cc1cc(-c2ccncc2)cc(-c2ccncc2)c1.Clc1ccc2c(n1)-c1ncccc1C21c2ccccc2Oc2c1ccc1c2Sc2ccccc2N1c1cccnc1.[H-].[HH].[HH].[HH].[HH].[HH].[HH].[HH].[HH].[HH].[HH].[HH].[HH].[HH].[HH].[HH].[HH].[HH].[HH].[HH].[HH].[HH].[HH].[HH].[HH].[HH].[HH].[HH].[HH].[HH].[HH].[HH].[HH].[HH].[HH].[HH].[HH].[HH].[HH].[HH].[HH].[HH].[HH].[HH].[HH].[HH].[HH].[HH].[HH].[HH].[HH].[HH].[HH].[HH].[HH].[HH].[HH].[HH].[HH].[HH].[HH].[HH].[HH].[HH].[HH].[HH].[HH].[HH].[HH].[HH].[HH].[HH].[HH].[HH].[HH].[HH].[HH].[HH].[HH].[HH].[HH].[HH].[HH].[HH].[HH].[HH].[HH].[HH].c1cncc(N2c3ccccc3Sc3c2ccc2c3Oc3ccccc3C23c2cccnc2-c2nc(-c4cc(-c5ccncc5)cc(-c5ccncc5)c4)ccc23)c1. The largest absolute Gasteiger partial charge is 1.00 e. The summed E-state index contributed by atoms with van der Waals surface area (Å²) in [6.45, 7) is 2.12. The molecule has 2 spiro atoms. The lowest BCUT2D eigenvalue weighted by Crippen LogP contribution is -2.33. The van der Waals surface area contributed by atoms with Crippen LogP contribution in [0.25, 0.3) is 78.5 Å². The lowest BCUT2D eigenvalue weighted by atomic mass is 9.66. The van der Waals surface area contributed by atoms with Crippen LogP contribution in [0.4, 0.5) is 34.1 Å². The van der Waals surface area contributed by atoms with Gasteiger partial charge in [0.1, 0.15) is 28.2 Å². The molecule has 6 aliphatic rings. The minimum Gasteiger partial charge on any atom is -1.00 e. The van der Waals surface area contributed by atoms with Gasteiger partial charge in [0.15, 0.2) is 0 Å². The molecule has 0 fully saturated rings. The van der Waals surface area contributed by atoms with Crippen molar-refractivity contribution < 1.29 is 135 Å². The number of fused-ring (bicyclic) bond motifs is 24. The van der Waals surface area contributed by atoms with Gasteiger partial charge in [-0.3, -0.25) is 39.9 Å². The van der Waals surface area contributed by atoms with E-state index in [1.54, 1.807) is 29.7 Å². The molecule has 17 heteroatoms. The van der Waals surface area contributed by atoms with E-state index in [-0.39, 0.29) is 126 Å². The number of nitrogens with zero attached hydrogens (tertiary/aromatic N) is 12. The van der Waals surface area contributed by atoms with Crippen molar-refractivity contribution in [3.8, 4) is 102 Å². The Morgan fingerprint density at radius 1 is 0.314 bits per heavy atom. The average Bonchev–Trinajstić information content (AvgIpc) is 1.51. The summed E-state index contributed by atoms with van der Waals surface area (Å²) in [5, 5.41) is 0.447. The van der Waals surface area contributed by atoms with Crippen LogP contribution < -0.4 is 19.3 Å². The fraction of sp³-hybridized carbons (Fsp3) is 0.0297. The maximum Gasteiger partial charge on any atom is 0.148 e. The van der Waals surface area contributed by atoms with Crippen LogP contribution in [-0.4, -0.2) is 49.8 Å². The highest BCUT2D eigenvalue weighted by atomic mass is 35.5. The van der Waals surface area contributed by atoms with Crippen LogP contribution in [-0.2, 0) is 10.8 Å². The van der Waals surface area contributed by atoms with E-state index in [1.807, 2.05) is 165 Å². The van der Waals surface area contributed by atoms with E-state index in [1.165, 1.54) is 27.8 Å². The van der Waals surface area contributed by atoms with Crippen molar-refractivity contribution in [3.05, 3.63) is 421 Å². The van der Waals surface area contributed by atoms with Gasteiger partial charge in [0.2, 0.25) is 0 Å². The van der Waals surface area contributed by atoms with Gasteiger partial charge in [0.05, 0.1) is 95.6 Å². The van der Waals surface area contributed by atoms with Crippen LogP contribution in [0.15, 0.2) is 385 Å².